The van der Waals surface area contributed by atoms with E-state index in [-0.39, 0.29) is 11.7 Å². The number of likely N-dealkylation sites (N-methyl/N-ethyl adjacent to an activating group) is 1. The maximum Gasteiger partial charge on any atom is 0.0977 e. The fraction of sp³-hybridized carbons (Fsp3) is 0.667. The quantitative estimate of drug-likeness (QED) is 0.708. The van der Waals surface area contributed by atoms with E-state index < -0.39 is 0 Å². The zero-order chi connectivity index (χ0) is 15.7. The van der Waals surface area contributed by atoms with Crippen LogP contribution in [0.4, 0.5) is 0 Å². The van der Waals surface area contributed by atoms with E-state index in [0.29, 0.717) is 6.04 Å². The first kappa shape index (κ1) is 18.1. The number of benzene rings is 1. The molecule has 0 aromatic heterocycles. The summed E-state index contributed by atoms with van der Waals surface area (Å²) < 4.78 is 11.6. The minimum absolute atomic E-state index is 0.0869. The number of hydrogen-bond acceptors (Lipinski definition) is 3. The van der Waals surface area contributed by atoms with Crippen LogP contribution in [0.2, 0.25) is 0 Å². The molecule has 0 saturated heterocycles. The van der Waals surface area contributed by atoms with Crippen molar-refractivity contribution in [3.05, 3.63) is 35.9 Å². The highest BCUT2D eigenvalue weighted by Crippen LogP contribution is 2.27. The zero-order valence-electron chi connectivity index (χ0n) is 14.2. The van der Waals surface area contributed by atoms with Gasteiger partial charge in [0.15, 0.2) is 0 Å². The molecule has 0 saturated carbocycles. The number of hydrogen-bond donors (Lipinski definition) is 1. The highest BCUT2D eigenvalue weighted by Gasteiger charge is 2.26. The second-order valence-electron chi connectivity index (χ2n) is 5.95. The van der Waals surface area contributed by atoms with Crippen LogP contribution in [0.15, 0.2) is 30.3 Å². The molecule has 0 fully saturated rings. The lowest BCUT2D eigenvalue weighted by atomic mass is 9.93. The average molecular weight is 293 g/mol. The van der Waals surface area contributed by atoms with Crippen LogP contribution in [-0.2, 0) is 9.47 Å². The molecule has 1 rings (SSSR count). The fourth-order valence-corrected chi connectivity index (χ4v) is 2.49. The van der Waals surface area contributed by atoms with Crippen LogP contribution in [0.1, 0.15) is 52.2 Å². The standard InChI is InChI=1S/C18H31NO2/c1-6-19-16(13-14-18(3,4)20-5)17(21-7-2)15-11-9-8-10-12-15/h8-12,16-17,19H,6-7,13-14H2,1-5H3. The monoisotopic (exact) mass is 293 g/mol. The van der Waals surface area contributed by atoms with Crippen molar-refractivity contribution < 1.29 is 9.47 Å². The predicted molar refractivity (Wildman–Crippen MR) is 88.6 cm³/mol. The maximum absolute atomic E-state index is 6.04. The molecule has 0 amide bonds. The van der Waals surface area contributed by atoms with Gasteiger partial charge in [0.05, 0.1) is 11.7 Å². The van der Waals surface area contributed by atoms with Gasteiger partial charge in [-0.3, -0.25) is 0 Å². The Morgan fingerprint density at radius 2 is 1.81 bits per heavy atom. The van der Waals surface area contributed by atoms with Crippen LogP contribution in [0.25, 0.3) is 0 Å². The highest BCUT2D eigenvalue weighted by atomic mass is 16.5. The Morgan fingerprint density at radius 1 is 1.14 bits per heavy atom. The SMILES string of the molecule is CCNC(CCC(C)(C)OC)C(OCC)c1ccccc1. The van der Waals surface area contributed by atoms with Crippen LogP contribution >= 0.6 is 0 Å². The Hall–Kier alpha value is -0.900. The first-order chi connectivity index (χ1) is 10.0. The Balaban J connectivity index is 2.82. The lowest BCUT2D eigenvalue weighted by molar-refractivity contribution is -0.00456. The predicted octanol–water partition coefficient (Wildman–Crippen LogP) is 3.95. The Kier molecular flexibility index (Phi) is 7.94. The van der Waals surface area contributed by atoms with Gasteiger partial charge in [-0.2, -0.15) is 0 Å². The number of rotatable bonds is 10. The molecule has 1 aromatic carbocycles. The summed E-state index contributed by atoms with van der Waals surface area (Å²) >= 11 is 0. The van der Waals surface area contributed by atoms with Crippen molar-refractivity contribution in [1.82, 2.24) is 5.32 Å². The van der Waals surface area contributed by atoms with Crippen molar-refractivity contribution in [2.24, 2.45) is 0 Å². The summed E-state index contributed by atoms with van der Waals surface area (Å²) in [6.45, 7) is 10.1. The highest BCUT2D eigenvalue weighted by molar-refractivity contribution is 5.19. The molecule has 2 unspecified atom stereocenters. The van der Waals surface area contributed by atoms with E-state index in [1.54, 1.807) is 7.11 Å². The van der Waals surface area contributed by atoms with Crippen LogP contribution in [0.5, 0.6) is 0 Å². The second-order valence-corrected chi connectivity index (χ2v) is 5.95. The van der Waals surface area contributed by atoms with Gasteiger partial charge in [-0.1, -0.05) is 37.3 Å². The van der Waals surface area contributed by atoms with Gasteiger partial charge in [0, 0.05) is 19.8 Å². The van der Waals surface area contributed by atoms with Crippen molar-refractivity contribution in [2.75, 3.05) is 20.3 Å². The van der Waals surface area contributed by atoms with Crippen LogP contribution in [-0.4, -0.2) is 31.9 Å². The van der Waals surface area contributed by atoms with Gasteiger partial charge in [-0.05, 0) is 45.7 Å². The second kappa shape index (κ2) is 9.19. The van der Waals surface area contributed by atoms with Gasteiger partial charge in [0.2, 0.25) is 0 Å². The van der Waals surface area contributed by atoms with E-state index in [1.165, 1.54) is 5.56 Å². The molecule has 2 atom stereocenters. The van der Waals surface area contributed by atoms with E-state index in [0.717, 1.165) is 26.0 Å². The third-order valence-electron chi connectivity index (χ3n) is 3.92. The third kappa shape index (κ3) is 6.16. The van der Waals surface area contributed by atoms with E-state index in [2.05, 4.69) is 57.3 Å². The molecule has 1 aromatic rings. The first-order valence-corrected chi connectivity index (χ1v) is 7.99. The molecule has 0 radical (unpaired) electrons. The molecule has 0 aliphatic carbocycles. The minimum Gasteiger partial charge on any atom is -0.379 e. The van der Waals surface area contributed by atoms with Gasteiger partial charge in [-0.15, -0.1) is 0 Å². The van der Waals surface area contributed by atoms with Crippen LogP contribution < -0.4 is 5.32 Å². The molecule has 0 spiro atoms. The lowest BCUT2D eigenvalue weighted by Crippen LogP contribution is -2.38. The van der Waals surface area contributed by atoms with Crippen molar-refractivity contribution in [3.63, 3.8) is 0 Å². The van der Waals surface area contributed by atoms with Crippen molar-refractivity contribution in [1.29, 1.82) is 0 Å². The topological polar surface area (TPSA) is 30.5 Å². The van der Waals surface area contributed by atoms with Crippen molar-refractivity contribution in [2.45, 2.75) is 58.3 Å². The summed E-state index contributed by atoms with van der Waals surface area (Å²) in [6.07, 6.45) is 2.11. The van der Waals surface area contributed by atoms with Crippen molar-refractivity contribution in [3.8, 4) is 0 Å². The third-order valence-corrected chi connectivity index (χ3v) is 3.92. The van der Waals surface area contributed by atoms with Gasteiger partial charge in [0.25, 0.3) is 0 Å². The molecule has 1 N–H and O–H groups in total. The van der Waals surface area contributed by atoms with Gasteiger partial charge < -0.3 is 14.8 Å². The van der Waals surface area contributed by atoms with Crippen LogP contribution in [0.3, 0.4) is 0 Å². The van der Waals surface area contributed by atoms with Gasteiger partial charge >= 0.3 is 0 Å². The van der Waals surface area contributed by atoms with E-state index in [9.17, 15) is 0 Å². The Bertz CT molecular complexity index is 378. The minimum atomic E-state index is -0.0961. The zero-order valence-corrected chi connectivity index (χ0v) is 14.2. The summed E-state index contributed by atoms with van der Waals surface area (Å²) in [5.41, 5.74) is 1.14. The van der Waals surface area contributed by atoms with Gasteiger partial charge in [0.1, 0.15) is 0 Å². The molecule has 21 heavy (non-hydrogen) atoms. The first-order valence-electron chi connectivity index (χ1n) is 7.99. The van der Waals surface area contributed by atoms with Crippen LogP contribution in [0, 0.1) is 0 Å². The molecule has 3 nitrogen and oxygen atoms in total. The van der Waals surface area contributed by atoms with E-state index in [4.69, 9.17) is 9.47 Å². The molecular formula is C18H31NO2. The summed E-state index contributed by atoms with van der Waals surface area (Å²) in [4.78, 5) is 0. The smallest absolute Gasteiger partial charge is 0.0977 e. The summed E-state index contributed by atoms with van der Waals surface area (Å²) in [7, 11) is 1.78. The Morgan fingerprint density at radius 3 is 2.33 bits per heavy atom. The molecule has 0 aliphatic heterocycles. The lowest BCUT2D eigenvalue weighted by Gasteiger charge is -2.31. The molecule has 3 heteroatoms. The molecular weight excluding hydrogens is 262 g/mol. The maximum atomic E-state index is 6.04. The Labute approximate surface area is 130 Å². The largest absolute Gasteiger partial charge is 0.379 e. The van der Waals surface area contributed by atoms with E-state index in [1.807, 2.05) is 6.07 Å². The van der Waals surface area contributed by atoms with E-state index >= 15 is 0 Å². The molecule has 0 bridgehead atoms. The van der Waals surface area contributed by atoms with Crippen molar-refractivity contribution >= 4 is 0 Å². The van der Waals surface area contributed by atoms with Gasteiger partial charge in [-0.25, -0.2) is 0 Å². The number of nitrogens with one attached hydrogen (secondary N) is 1. The molecule has 0 aliphatic rings. The fourth-order valence-electron chi connectivity index (χ4n) is 2.49. The average Bonchev–Trinajstić information content (AvgIpc) is 2.50. The number of methoxy groups -OCH3 is 1. The molecule has 0 heterocycles. The summed E-state index contributed by atoms with van der Waals surface area (Å²) in [5, 5.41) is 3.58. The normalized spacial score (nSPS) is 14.9. The molecule has 120 valence electrons. The summed E-state index contributed by atoms with van der Waals surface area (Å²) in [6, 6.07) is 10.8. The number of ether oxygens (including phenoxy) is 2. The summed E-state index contributed by atoms with van der Waals surface area (Å²) in [5.74, 6) is 0.